The van der Waals surface area contributed by atoms with Crippen LogP contribution in [0.25, 0.3) is 0 Å². The van der Waals surface area contributed by atoms with Crippen LogP contribution in [0.4, 0.5) is 0 Å². The van der Waals surface area contributed by atoms with Crippen molar-refractivity contribution in [2.75, 3.05) is 26.3 Å². The predicted molar refractivity (Wildman–Crippen MR) is 71.2 cm³/mol. The molecule has 4 heteroatoms. The van der Waals surface area contributed by atoms with Gasteiger partial charge in [0.25, 0.3) is 0 Å². The van der Waals surface area contributed by atoms with Gasteiger partial charge in [-0.3, -0.25) is 4.79 Å². The molecule has 1 heterocycles. The van der Waals surface area contributed by atoms with E-state index in [1.165, 1.54) is 25.7 Å². The molecule has 0 radical (unpaired) electrons. The molecule has 2 fully saturated rings. The van der Waals surface area contributed by atoms with E-state index < -0.39 is 0 Å². The van der Waals surface area contributed by atoms with Crippen LogP contribution in [-0.2, 0) is 9.53 Å². The molecule has 2 rings (SSSR count). The van der Waals surface area contributed by atoms with Gasteiger partial charge in [-0.2, -0.15) is 0 Å². The van der Waals surface area contributed by atoms with Crippen LogP contribution in [0.1, 0.15) is 44.9 Å². The maximum atomic E-state index is 12.6. The Morgan fingerprint density at radius 3 is 2.44 bits per heavy atom. The average molecular weight is 254 g/mol. The minimum atomic E-state index is 0.192. The second kappa shape index (κ2) is 7.10. The van der Waals surface area contributed by atoms with Gasteiger partial charge in [-0.05, 0) is 38.6 Å². The summed E-state index contributed by atoms with van der Waals surface area (Å²) in [5.74, 6) is 0.552. The lowest BCUT2D eigenvalue weighted by atomic mass is 9.97. The zero-order chi connectivity index (χ0) is 12.8. The zero-order valence-corrected chi connectivity index (χ0v) is 11.3. The standard InChI is InChI=1S/C14H26N2O2/c15-8-3-9-16(13-4-1-2-5-13)14(17)12-6-10-18-11-7-12/h12-13H,1-11,15H2. The van der Waals surface area contributed by atoms with Crippen molar-refractivity contribution in [1.82, 2.24) is 4.90 Å². The number of hydrogen-bond donors (Lipinski definition) is 1. The second-order valence-corrected chi connectivity index (χ2v) is 5.50. The number of carbonyl (C=O) groups is 1. The third-order valence-corrected chi connectivity index (χ3v) is 4.22. The first-order valence-corrected chi connectivity index (χ1v) is 7.41. The van der Waals surface area contributed by atoms with Gasteiger partial charge in [-0.25, -0.2) is 0 Å². The summed E-state index contributed by atoms with van der Waals surface area (Å²) < 4.78 is 5.35. The number of amides is 1. The fourth-order valence-corrected chi connectivity index (χ4v) is 3.13. The van der Waals surface area contributed by atoms with E-state index in [0.717, 1.165) is 39.0 Å². The van der Waals surface area contributed by atoms with Crippen LogP contribution in [0.5, 0.6) is 0 Å². The molecule has 2 N–H and O–H groups in total. The minimum Gasteiger partial charge on any atom is -0.381 e. The highest BCUT2D eigenvalue weighted by Crippen LogP contribution is 2.27. The summed E-state index contributed by atoms with van der Waals surface area (Å²) in [6, 6.07) is 0.479. The van der Waals surface area contributed by atoms with E-state index in [1.54, 1.807) is 0 Å². The number of carbonyl (C=O) groups excluding carboxylic acids is 1. The van der Waals surface area contributed by atoms with E-state index in [4.69, 9.17) is 10.5 Å². The Morgan fingerprint density at radius 2 is 1.83 bits per heavy atom. The van der Waals surface area contributed by atoms with Crippen LogP contribution >= 0.6 is 0 Å². The topological polar surface area (TPSA) is 55.6 Å². The molecule has 4 nitrogen and oxygen atoms in total. The van der Waals surface area contributed by atoms with Gasteiger partial charge in [-0.1, -0.05) is 12.8 Å². The van der Waals surface area contributed by atoms with Gasteiger partial charge in [-0.15, -0.1) is 0 Å². The van der Waals surface area contributed by atoms with Crippen molar-refractivity contribution in [1.29, 1.82) is 0 Å². The Morgan fingerprint density at radius 1 is 1.17 bits per heavy atom. The summed E-state index contributed by atoms with van der Waals surface area (Å²) in [4.78, 5) is 14.8. The number of rotatable bonds is 5. The molecule has 0 bridgehead atoms. The fraction of sp³-hybridized carbons (Fsp3) is 0.929. The second-order valence-electron chi connectivity index (χ2n) is 5.50. The summed E-state index contributed by atoms with van der Waals surface area (Å²) in [7, 11) is 0. The lowest BCUT2D eigenvalue weighted by molar-refractivity contribution is -0.140. The molecular formula is C14H26N2O2. The van der Waals surface area contributed by atoms with Gasteiger partial charge in [0, 0.05) is 31.7 Å². The maximum Gasteiger partial charge on any atom is 0.226 e. The number of nitrogens with two attached hydrogens (primary N) is 1. The number of nitrogens with zero attached hydrogens (tertiary/aromatic N) is 1. The molecule has 1 amide bonds. The van der Waals surface area contributed by atoms with Crippen LogP contribution in [0, 0.1) is 5.92 Å². The summed E-state index contributed by atoms with van der Waals surface area (Å²) >= 11 is 0. The van der Waals surface area contributed by atoms with Gasteiger partial charge >= 0.3 is 0 Å². The lowest BCUT2D eigenvalue weighted by Crippen LogP contribution is -2.44. The van der Waals surface area contributed by atoms with Gasteiger partial charge < -0.3 is 15.4 Å². The van der Waals surface area contributed by atoms with Crippen molar-refractivity contribution >= 4 is 5.91 Å². The molecule has 0 spiro atoms. The normalized spacial score (nSPS) is 22.3. The average Bonchev–Trinajstić information content (AvgIpc) is 2.94. The first-order chi connectivity index (χ1) is 8.83. The lowest BCUT2D eigenvalue weighted by Gasteiger charge is -2.33. The van der Waals surface area contributed by atoms with Gasteiger partial charge in [0.15, 0.2) is 0 Å². The Labute approximate surface area is 110 Å². The molecule has 0 unspecified atom stereocenters. The molecule has 1 aliphatic heterocycles. The molecule has 1 saturated carbocycles. The third-order valence-electron chi connectivity index (χ3n) is 4.22. The Bertz CT molecular complexity index is 259. The summed E-state index contributed by atoms with van der Waals surface area (Å²) in [5, 5.41) is 0. The highest BCUT2D eigenvalue weighted by Gasteiger charge is 2.31. The van der Waals surface area contributed by atoms with Crippen molar-refractivity contribution in [3.63, 3.8) is 0 Å². The van der Waals surface area contributed by atoms with E-state index in [1.807, 2.05) is 0 Å². The van der Waals surface area contributed by atoms with Gasteiger partial charge in [0.05, 0.1) is 0 Å². The summed E-state index contributed by atoms with van der Waals surface area (Å²) in [5.41, 5.74) is 5.60. The van der Waals surface area contributed by atoms with Crippen LogP contribution in [0.15, 0.2) is 0 Å². The maximum absolute atomic E-state index is 12.6. The quantitative estimate of drug-likeness (QED) is 0.809. The van der Waals surface area contributed by atoms with Crippen LogP contribution in [-0.4, -0.2) is 43.2 Å². The first-order valence-electron chi connectivity index (χ1n) is 7.41. The summed E-state index contributed by atoms with van der Waals surface area (Å²) in [6.07, 6.45) is 7.61. The van der Waals surface area contributed by atoms with Crippen molar-refractivity contribution in [3.05, 3.63) is 0 Å². The molecule has 0 atom stereocenters. The van der Waals surface area contributed by atoms with Crippen LogP contribution in [0.3, 0.4) is 0 Å². The van der Waals surface area contributed by atoms with Crippen molar-refractivity contribution in [3.8, 4) is 0 Å². The predicted octanol–water partition coefficient (Wildman–Crippen LogP) is 1.53. The van der Waals surface area contributed by atoms with Crippen molar-refractivity contribution in [2.24, 2.45) is 11.7 Å². The molecular weight excluding hydrogens is 228 g/mol. The van der Waals surface area contributed by atoms with Crippen LogP contribution < -0.4 is 5.73 Å². The fourth-order valence-electron chi connectivity index (χ4n) is 3.13. The molecule has 0 aromatic heterocycles. The summed E-state index contributed by atoms with van der Waals surface area (Å²) in [6.45, 7) is 3.00. The first kappa shape index (κ1) is 13.8. The van der Waals surface area contributed by atoms with Gasteiger partial charge in [0.1, 0.15) is 0 Å². The van der Waals surface area contributed by atoms with E-state index in [-0.39, 0.29) is 5.92 Å². The molecule has 1 aliphatic carbocycles. The van der Waals surface area contributed by atoms with E-state index in [9.17, 15) is 4.79 Å². The zero-order valence-electron chi connectivity index (χ0n) is 11.3. The minimum absolute atomic E-state index is 0.192. The Kier molecular flexibility index (Phi) is 5.45. The third kappa shape index (κ3) is 3.45. The van der Waals surface area contributed by atoms with Crippen molar-refractivity contribution < 1.29 is 9.53 Å². The molecule has 18 heavy (non-hydrogen) atoms. The molecule has 1 saturated heterocycles. The number of ether oxygens (including phenoxy) is 1. The smallest absolute Gasteiger partial charge is 0.226 e. The van der Waals surface area contributed by atoms with E-state index >= 15 is 0 Å². The highest BCUT2D eigenvalue weighted by atomic mass is 16.5. The van der Waals surface area contributed by atoms with E-state index in [2.05, 4.69) is 4.90 Å². The van der Waals surface area contributed by atoms with E-state index in [0.29, 0.717) is 18.5 Å². The van der Waals surface area contributed by atoms with Crippen molar-refractivity contribution in [2.45, 2.75) is 51.0 Å². The largest absolute Gasteiger partial charge is 0.381 e. The monoisotopic (exact) mass is 254 g/mol. The number of hydrogen-bond acceptors (Lipinski definition) is 3. The Balaban J connectivity index is 1.94. The molecule has 0 aromatic carbocycles. The SMILES string of the molecule is NCCCN(C(=O)C1CCOCC1)C1CCCC1. The molecule has 2 aliphatic rings. The highest BCUT2D eigenvalue weighted by molar-refractivity contribution is 5.79. The van der Waals surface area contributed by atoms with Gasteiger partial charge in [0.2, 0.25) is 5.91 Å². The molecule has 0 aromatic rings. The Hall–Kier alpha value is -0.610. The molecule has 104 valence electrons. The van der Waals surface area contributed by atoms with Crippen LogP contribution in [0.2, 0.25) is 0 Å².